The van der Waals surface area contributed by atoms with Gasteiger partial charge in [0.25, 0.3) is 0 Å². The normalized spacial score (nSPS) is 13.4. The number of ketones is 1. The van der Waals surface area contributed by atoms with Crippen molar-refractivity contribution in [3.63, 3.8) is 0 Å². The molecule has 196 valence electrons. The van der Waals surface area contributed by atoms with Gasteiger partial charge in [0.2, 0.25) is 5.95 Å². The number of nitrogens with one attached hydrogen (secondary N) is 1. The molecule has 0 bridgehead atoms. The van der Waals surface area contributed by atoms with Gasteiger partial charge in [-0.05, 0) is 35.9 Å². The zero-order valence-electron chi connectivity index (χ0n) is 18.1. The number of benzene rings is 2. The third-order valence-electron chi connectivity index (χ3n) is 4.90. The van der Waals surface area contributed by atoms with Gasteiger partial charge in [0.05, 0.1) is 27.2 Å². The van der Waals surface area contributed by atoms with Crippen LogP contribution < -0.4 is 5.32 Å². The SMILES string of the molecule is O=C(CNc1ncccn1)c1ccc(/C(F)=C\C(c2cc(Cl)c(Cl)c(Cl)c2)C(F)(F)F)cc1C(F)(F)F. The Morgan fingerprint density at radius 2 is 1.57 bits per heavy atom. The molecule has 0 spiro atoms. The van der Waals surface area contributed by atoms with E-state index in [1.807, 2.05) is 0 Å². The number of Topliss-reactive ketones (excluding diaryl/α,β-unsaturated/α-hetero) is 1. The van der Waals surface area contributed by atoms with Gasteiger partial charge in [-0.1, -0.05) is 46.9 Å². The third kappa shape index (κ3) is 7.12. The molecule has 0 radical (unpaired) electrons. The van der Waals surface area contributed by atoms with E-state index in [4.69, 9.17) is 34.8 Å². The lowest BCUT2D eigenvalue weighted by Crippen LogP contribution is -2.20. The Morgan fingerprint density at radius 3 is 2.11 bits per heavy atom. The number of allylic oxidation sites excluding steroid dienone is 1. The van der Waals surface area contributed by atoms with Crippen LogP contribution >= 0.6 is 34.8 Å². The second kappa shape index (κ2) is 11.2. The van der Waals surface area contributed by atoms with Gasteiger partial charge in [-0.25, -0.2) is 14.4 Å². The molecule has 4 nitrogen and oxygen atoms in total. The Bertz CT molecular complexity index is 1310. The number of hydrogen-bond donors (Lipinski definition) is 1. The Labute approximate surface area is 220 Å². The molecule has 3 rings (SSSR count). The van der Waals surface area contributed by atoms with Crippen LogP contribution in [0, 0.1) is 0 Å². The summed E-state index contributed by atoms with van der Waals surface area (Å²) in [5, 5.41) is 1.57. The molecule has 1 N–H and O–H groups in total. The monoisotopic (exact) mass is 585 g/mol. The number of hydrogen-bond acceptors (Lipinski definition) is 4. The highest BCUT2D eigenvalue weighted by Gasteiger charge is 2.41. The fourth-order valence-electron chi connectivity index (χ4n) is 3.19. The maximum Gasteiger partial charge on any atom is 0.417 e. The lowest BCUT2D eigenvalue weighted by molar-refractivity contribution is -0.140. The molecule has 0 aliphatic rings. The van der Waals surface area contributed by atoms with Crippen molar-refractivity contribution in [3.05, 3.63) is 92.2 Å². The smallest absolute Gasteiger partial charge is 0.347 e. The molecule has 0 aliphatic carbocycles. The summed E-state index contributed by atoms with van der Waals surface area (Å²) < 4.78 is 97.2. The van der Waals surface area contributed by atoms with Crippen LogP contribution in [-0.2, 0) is 6.18 Å². The zero-order chi connectivity index (χ0) is 27.5. The van der Waals surface area contributed by atoms with Crippen molar-refractivity contribution in [1.82, 2.24) is 9.97 Å². The molecule has 0 amide bonds. The second-order valence-corrected chi connectivity index (χ2v) is 8.63. The number of carbonyl (C=O) groups is 1. The van der Waals surface area contributed by atoms with Gasteiger partial charge in [-0.3, -0.25) is 4.79 Å². The highest BCUT2D eigenvalue weighted by molar-refractivity contribution is 6.48. The van der Waals surface area contributed by atoms with Crippen molar-refractivity contribution in [2.75, 3.05) is 11.9 Å². The fraction of sp³-hybridized carbons (Fsp3) is 0.174. The minimum atomic E-state index is -5.12. The molecular weight excluding hydrogens is 574 g/mol. The molecule has 1 heterocycles. The topological polar surface area (TPSA) is 54.9 Å². The zero-order valence-corrected chi connectivity index (χ0v) is 20.3. The summed E-state index contributed by atoms with van der Waals surface area (Å²) in [5.41, 5.74) is -3.77. The summed E-state index contributed by atoms with van der Waals surface area (Å²) in [6.45, 7) is -0.626. The minimum absolute atomic E-state index is 0.0180. The summed E-state index contributed by atoms with van der Waals surface area (Å²) >= 11 is 17.3. The van der Waals surface area contributed by atoms with Crippen LogP contribution in [0.1, 0.15) is 33.0 Å². The molecule has 1 aromatic heterocycles. The van der Waals surface area contributed by atoms with Crippen molar-refractivity contribution in [3.8, 4) is 0 Å². The van der Waals surface area contributed by atoms with E-state index in [0.717, 1.165) is 18.2 Å². The number of rotatable bonds is 7. The number of aromatic nitrogens is 2. The first-order valence-electron chi connectivity index (χ1n) is 10.0. The largest absolute Gasteiger partial charge is 0.417 e. The van der Waals surface area contributed by atoms with Crippen LogP contribution in [0.4, 0.5) is 36.7 Å². The molecule has 1 unspecified atom stereocenters. The van der Waals surface area contributed by atoms with Crippen LogP contribution in [0.2, 0.25) is 15.1 Å². The Kier molecular flexibility index (Phi) is 8.71. The number of halogens is 10. The highest BCUT2D eigenvalue weighted by Crippen LogP contribution is 2.42. The Hall–Kier alpha value is -2.89. The first-order chi connectivity index (χ1) is 17.2. The van der Waals surface area contributed by atoms with E-state index >= 15 is 0 Å². The molecular formula is C23H13Cl3F7N3O. The van der Waals surface area contributed by atoms with Gasteiger partial charge < -0.3 is 5.32 Å². The average molecular weight is 587 g/mol. The number of nitrogens with zero attached hydrogens (tertiary/aromatic N) is 2. The summed E-state index contributed by atoms with van der Waals surface area (Å²) in [4.78, 5) is 20.0. The quantitative estimate of drug-likeness (QED) is 0.172. The lowest BCUT2D eigenvalue weighted by Gasteiger charge is -2.19. The van der Waals surface area contributed by atoms with E-state index in [1.165, 1.54) is 18.5 Å². The first kappa shape index (κ1) is 28.7. The van der Waals surface area contributed by atoms with Crippen molar-refractivity contribution in [2.24, 2.45) is 0 Å². The van der Waals surface area contributed by atoms with E-state index in [-0.39, 0.29) is 33.2 Å². The van der Waals surface area contributed by atoms with Gasteiger partial charge in [-0.15, -0.1) is 0 Å². The Balaban J connectivity index is 1.99. The summed E-state index contributed by atoms with van der Waals surface area (Å²) in [7, 11) is 0. The molecule has 3 aromatic rings. The van der Waals surface area contributed by atoms with Crippen LogP contribution in [0.5, 0.6) is 0 Å². The number of carbonyl (C=O) groups excluding carboxylic acids is 1. The molecule has 1 atom stereocenters. The van der Waals surface area contributed by atoms with Crippen LogP contribution in [0.3, 0.4) is 0 Å². The standard InChI is InChI=1S/C23H13Cl3F7N3O/c24-16-7-12(8-17(25)20(16)26)14(22(28,29)30)9-18(27)11-2-3-13(15(6-11)23(31,32)33)19(37)10-36-21-34-4-1-5-35-21/h1-9,14H,10H2,(H,34,35,36)/b18-9+. The maximum absolute atomic E-state index is 14.9. The molecule has 2 aromatic carbocycles. The second-order valence-electron chi connectivity index (χ2n) is 7.44. The number of anilines is 1. The van der Waals surface area contributed by atoms with Gasteiger partial charge in [0, 0.05) is 23.5 Å². The van der Waals surface area contributed by atoms with Crippen molar-refractivity contribution >= 4 is 52.4 Å². The van der Waals surface area contributed by atoms with Gasteiger partial charge in [-0.2, -0.15) is 26.3 Å². The minimum Gasteiger partial charge on any atom is -0.347 e. The van der Waals surface area contributed by atoms with E-state index in [9.17, 15) is 35.5 Å². The first-order valence-corrected chi connectivity index (χ1v) is 11.2. The van der Waals surface area contributed by atoms with Crippen molar-refractivity contribution < 1.29 is 35.5 Å². The summed E-state index contributed by atoms with van der Waals surface area (Å²) in [5.74, 6) is -5.29. The molecule has 14 heteroatoms. The molecule has 0 fully saturated rings. The fourth-order valence-corrected chi connectivity index (χ4v) is 3.81. The molecule has 0 aliphatic heterocycles. The van der Waals surface area contributed by atoms with E-state index in [1.54, 1.807) is 0 Å². The van der Waals surface area contributed by atoms with Crippen molar-refractivity contribution in [2.45, 2.75) is 18.3 Å². The van der Waals surface area contributed by atoms with Crippen LogP contribution in [0.25, 0.3) is 5.83 Å². The predicted octanol–water partition coefficient (Wildman–Crippen LogP) is 8.41. The van der Waals surface area contributed by atoms with Gasteiger partial charge >= 0.3 is 12.4 Å². The predicted molar refractivity (Wildman–Crippen MR) is 126 cm³/mol. The average Bonchev–Trinajstić information content (AvgIpc) is 2.83. The summed E-state index contributed by atoms with van der Waals surface area (Å²) in [6.07, 6.45) is -7.42. The van der Waals surface area contributed by atoms with E-state index in [0.29, 0.717) is 6.07 Å². The van der Waals surface area contributed by atoms with Gasteiger partial charge in [0.15, 0.2) is 5.78 Å². The highest BCUT2D eigenvalue weighted by atomic mass is 35.5. The van der Waals surface area contributed by atoms with Crippen LogP contribution in [0.15, 0.2) is 54.9 Å². The van der Waals surface area contributed by atoms with Crippen molar-refractivity contribution in [1.29, 1.82) is 0 Å². The maximum atomic E-state index is 14.9. The van der Waals surface area contributed by atoms with Gasteiger partial charge in [0.1, 0.15) is 11.7 Å². The molecule has 37 heavy (non-hydrogen) atoms. The lowest BCUT2D eigenvalue weighted by atomic mass is 9.95. The van der Waals surface area contributed by atoms with Crippen LogP contribution in [-0.4, -0.2) is 28.5 Å². The van der Waals surface area contributed by atoms with E-state index < -0.39 is 58.7 Å². The number of alkyl halides is 6. The van der Waals surface area contributed by atoms with E-state index in [2.05, 4.69) is 15.3 Å². The molecule has 0 saturated carbocycles. The Morgan fingerprint density at radius 1 is 0.973 bits per heavy atom. The third-order valence-corrected chi connectivity index (χ3v) is 6.10. The molecule has 0 saturated heterocycles. The summed E-state index contributed by atoms with van der Waals surface area (Å²) in [6, 6.07) is 4.83.